The van der Waals surface area contributed by atoms with Gasteiger partial charge in [0.15, 0.2) is 11.9 Å². The van der Waals surface area contributed by atoms with E-state index in [9.17, 15) is 9.59 Å². The highest BCUT2D eigenvalue weighted by molar-refractivity contribution is 5.95. The number of benzene rings is 1. The fourth-order valence-corrected chi connectivity index (χ4v) is 3.24. The highest BCUT2D eigenvalue weighted by atomic mass is 16.5. The zero-order chi connectivity index (χ0) is 19.5. The van der Waals surface area contributed by atoms with Crippen molar-refractivity contribution in [1.82, 2.24) is 20.1 Å². The van der Waals surface area contributed by atoms with E-state index in [0.717, 1.165) is 16.8 Å². The topological polar surface area (TPSA) is 100 Å². The zero-order valence-electron chi connectivity index (χ0n) is 15.2. The number of hydrogen-bond acceptors (Lipinski definition) is 5. The molecular formula is C20H19N5O3. The number of amides is 2. The van der Waals surface area contributed by atoms with Crippen LogP contribution in [0.3, 0.4) is 0 Å². The second-order valence-electron chi connectivity index (χ2n) is 6.48. The molecule has 0 aliphatic carbocycles. The Labute approximate surface area is 161 Å². The first kappa shape index (κ1) is 17.9. The highest BCUT2D eigenvalue weighted by Crippen LogP contribution is 2.30. The number of nitrogens with zero attached hydrogens (tertiary/aromatic N) is 3. The summed E-state index contributed by atoms with van der Waals surface area (Å²) in [5, 5.41) is 9.81. The van der Waals surface area contributed by atoms with E-state index in [1.807, 2.05) is 42.5 Å². The van der Waals surface area contributed by atoms with E-state index in [2.05, 4.69) is 20.5 Å². The van der Waals surface area contributed by atoms with Crippen LogP contribution in [0.25, 0.3) is 11.3 Å². The number of anilines is 1. The van der Waals surface area contributed by atoms with Gasteiger partial charge in [0.05, 0.1) is 11.7 Å². The second-order valence-corrected chi connectivity index (χ2v) is 6.48. The standard InChI is InChI=1S/C20H19N5O3/c1-25-17(26)12-28-19(18(25)14-5-3-2-4-6-14)20(27)22-16-11-15(23-24-16)13-7-9-21-10-8-13/h2-11,18-19H,12H2,1H3,(H2,22,23,24,27). The largest absolute Gasteiger partial charge is 0.356 e. The maximum absolute atomic E-state index is 12.9. The Morgan fingerprint density at radius 3 is 2.71 bits per heavy atom. The highest BCUT2D eigenvalue weighted by Gasteiger charge is 2.40. The van der Waals surface area contributed by atoms with Crippen LogP contribution in [0.2, 0.25) is 0 Å². The summed E-state index contributed by atoms with van der Waals surface area (Å²) in [7, 11) is 1.68. The molecule has 8 heteroatoms. The van der Waals surface area contributed by atoms with Crippen LogP contribution in [-0.4, -0.2) is 51.7 Å². The van der Waals surface area contributed by atoms with Gasteiger partial charge in [0.1, 0.15) is 6.61 Å². The van der Waals surface area contributed by atoms with E-state index in [1.54, 1.807) is 30.4 Å². The fourth-order valence-electron chi connectivity index (χ4n) is 3.24. The number of pyridine rings is 1. The van der Waals surface area contributed by atoms with Crippen LogP contribution < -0.4 is 5.32 Å². The fraction of sp³-hybridized carbons (Fsp3) is 0.200. The molecule has 1 aromatic carbocycles. The minimum absolute atomic E-state index is 0.138. The maximum Gasteiger partial charge on any atom is 0.257 e. The van der Waals surface area contributed by atoms with E-state index in [4.69, 9.17) is 4.74 Å². The molecule has 0 spiro atoms. The van der Waals surface area contributed by atoms with Gasteiger partial charge in [-0.25, -0.2) is 0 Å². The number of carbonyl (C=O) groups excluding carboxylic acids is 2. The van der Waals surface area contributed by atoms with Gasteiger partial charge < -0.3 is 15.0 Å². The summed E-state index contributed by atoms with van der Waals surface area (Å²) in [4.78, 5) is 30.6. The van der Waals surface area contributed by atoms with E-state index in [0.29, 0.717) is 5.82 Å². The molecule has 3 heterocycles. The molecule has 2 unspecified atom stereocenters. The zero-order valence-corrected chi connectivity index (χ0v) is 15.2. The van der Waals surface area contributed by atoms with Gasteiger partial charge in [-0.3, -0.25) is 19.7 Å². The summed E-state index contributed by atoms with van der Waals surface area (Å²) in [5.41, 5.74) is 2.50. The number of likely N-dealkylation sites (N-methyl/N-ethyl adjacent to an activating group) is 1. The van der Waals surface area contributed by atoms with Crippen molar-refractivity contribution in [2.45, 2.75) is 12.1 Å². The van der Waals surface area contributed by atoms with Gasteiger partial charge in [0.25, 0.3) is 5.91 Å². The first-order chi connectivity index (χ1) is 13.6. The molecule has 1 aliphatic heterocycles. The van der Waals surface area contributed by atoms with Crippen molar-refractivity contribution >= 4 is 17.6 Å². The lowest BCUT2D eigenvalue weighted by Gasteiger charge is -2.38. The number of hydrogen-bond donors (Lipinski definition) is 2. The molecule has 2 atom stereocenters. The number of rotatable bonds is 4. The summed E-state index contributed by atoms with van der Waals surface area (Å²) < 4.78 is 5.60. The number of aromatic nitrogens is 3. The van der Waals surface area contributed by atoms with Gasteiger partial charge in [-0.2, -0.15) is 5.10 Å². The Morgan fingerprint density at radius 1 is 1.21 bits per heavy atom. The van der Waals surface area contributed by atoms with E-state index >= 15 is 0 Å². The van der Waals surface area contributed by atoms with E-state index in [1.165, 1.54) is 0 Å². The monoisotopic (exact) mass is 377 g/mol. The minimum atomic E-state index is -0.842. The molecule has 3 aromatic rings. The van der Waals surface area contributed by atoms with Crippen LogP contribution in [0, 0.1) is 0 Å². The van der Waals surface area contributed by atoms with Crippen molar-refractivity contribution in [1.29, 1.82) is 0 Å². The molecule has 4 rings (SSSR count). The van der Waals surface area contributed by atoms with Gasteiger partial charge in [0, 0.05) is 31.1 Å². The molecule has 1 aliphatic rings. The van der Waals surface area contributed by atoms with Crippen molar-refractivity contribution in [2.75, 3.05) is 19.0 Å². The molecule has 8 nitrogen and oxygen atoms in total. The molecule has 1 saturated heterocycles. The molecule has 2 aromatic heterocycles. The molecule has 142 valence electrons. The summed E-state index contributed by atoms with van der Waals surface area (Å²) in [5.74, 6) is -0.148. The van der Waals surface area contributed by atoms with Crippen molar-refractivity contribution < 1.29 is 14.3 Å². The van der Waals surface area contributed by atoms with Gasteiger partial charge in [-0.1, -0.05) is 30.3 Å². The molecule has 0 radical (unpaired) electrons. The molecule has 1 fully saturated rings. The Bertz CT molecular complexity index is 974. The quantitative estimate of drug-likeness (QED) is 0.724. The number of H-pyrrole nitrogens is 1. The van der Waals surface area contributed by atoms with E-state index < -0.39 is 12.1 Å². The summed E-state index contributed by atoms with van der Waals surface area (Å²) in [6.45, 7) is -0.138. The third-order valence-corrected chi connectivity index (χ3v) is 4.70. The Balaban J connectivity index is 1.55. The van der Waals surface area contributed by atoms with Gasteiger partial charge in [-0.15, -0.1) is 0 Å². The molecule has 0 bridgehead atoms. The molecular weight excluding hydrogens is 358 g/mol. The van der Waals surface area contributed by atoms with Crippen molar-refractivity contribution in [3.63, 3.8) is 0 Å². The van der Waals surface area contributed by atoms with Crippen LogP contribution in [-0.2, 0) is 14.3 Å². The lowest BCUT2D eigenvalue weighted by Crippen LogP contribution is -2.51. The van der Waals surface area contributed by atoms with Crippen LogP contribution in [0.5, 0.6) is 0 Å². The number of morpholine rings is 1. The predicted molar refractivity (Wildman–Crippen MR) is 102 cm³/mol. The predicted octanol–water partition coefficient (Wildman–Crippen LogP) is 2.01. The van der Waals surface area contributed by atoms with Crippen molar-refractivity contribution in [3.05, 3.63) is 66.5 Å². The lowest BCUT2D eigenvalue weighted by molar-refractivity contribution is -0.160. The third kappa shape index (κ3) is 3.49. The molecule has 2 amide bonds. The lowest BCUT2D eigenvalue weighted by atomic mass is 9.97. The third-order valence-electron chi connectivity index (χ3n) is 4.70. The average molecular weight is 377 g/mol. The number of ether oxygens (including phenoxy) is 1. The number of aromatic amines is 1. The smallest absolute Gasteiger partial charge is 0.257 e. The summed E-state index contributed by atoms with van der Waals surface area (Å²) in [6.07, 6.45) is 2.52. The number of nitrogens with one attached hydrogen (secondary N) is 2. The van der Waals surface area contributed by atoms with Crippen LogP contribution >= 0.6 is 0 Å². The van der Waals surface area contributed by atoms with Crippen LogP contribution in [0.1, 0.15) is 11.6 Å². The van der Waals surface area contributed by atoms with Crippen LogP contribution in [0.15, 0.2) is 60.9 Å². The average Bonchev–Trinajstić information content (AvgIpc) is 3.19. The molecule has 28 heavy (non-hydrogen) atoms. The minimum Gasteiger partial charge on any atom is -0.356 e. The Kier molecular flexibility index (Phi) is 4.86. The Hall–Kier alpha value is -3.52. The van der Waals surface area contributed by atoms with Gasteiger partial charge in [0.2, 0.25) is 5.91 Å². The summed E-state index contributed by atoms with van der Waals surface area (Å²) in [6, 6.07) is 14.3. The molecule has 0 saturated carbocycles. The summed E-state index contributed by atoms with van der Waals surface area (Å²) >= 11 is 0. The van der Waals surface area contributed by atoms with Crippen LogP contribution in [0.4, 0.5) is 5.82 Å². The normalized spacial score (nSPS) is 19.5. The molecule has 2 N–H and O–H groups in total. The first-order valence-electron chi connectivity index (χ1n) is 8.82. The number of carbonyl (C=O) groups is 2. The van der Waals surface area contributed by atoms with E-state index in [-0.39, 0.29) is 18.4 Å². The SMILES string of the molecule is CN1C(=O)COC(C(=O)Nc2cc(-c3ccncc3)[nH]n2)C1c1ccccc1. The first-order valence-corrected chi connectivity index (χ1v) is 8.82. The van der Waals surface area contributed by atoms with Gasteiger partial charge in [-0.05, 0) is 17.7 Å². The second kappa shape index (κ2) is 7.61. The maximum atomic E-state index is 12.9. The van der Waals surface area contributed by atoms with Gasteiger partial charge >= 0.3 is 0 Å². The van der Waals surface area contributed by atoms with Crippen molar-refractivity contribution in [3.8, 4) is 11.3 Å². The van der Waals surface area contributed by atoms with Crippen molar-refractivity contribution in [2.24, 2.45) is 0 Å². The Morgan fingerprint density at radius 2 is 1.96 bits per heavy atom.